The fraction of sp³-hybridized carbons (Fsp3) is 0.500. The van der Waals surface area contributed by atoms with E-state index in [1.165, 1.54) is 17.1 Å². The lowest BCUT2D eigenvalue weighted by Crippen LogP contribution is -2.41. The molecule has 0 radical (unpaired) electrons. The van der Waals surface area contributed by atoms with E-state index in [0.29, 0.717) is 37.8 Å². The summed E-state index contributed by atoms with van der Waals surface area (Å²) in [5.74, 6) is 0.00811. The quantitative estimate of drug-likeness (QED) is 0.429. The van der Waals surface area contributed by atoms with Crippen LogP contribution >= 0.6 is 0 Å². The number of hydrazone groups is 1. The van der Waals surface area contributed by atoms with Crippen LogP contribution in [-0.2, 0) is 9.47 Å². The molecular formula is C16H20N4O6. The minimum Gasteiger partial charge on any atom is -0.441 e. The number of nitro groups is 1. The molecule has 1 aromatic heterocycles. The highest BCUT2D eigenvalue weighted by Gasteiger charge is 2.32. The molecule has 2 saturated heterocycles. The first-order valence-electron chi connectivity index (χ1n) is 8.27. The van der Waals surface area contributed by atoms with Crippen molar-refractivity contribution in [3.8, 4) is 0 Å². The van der Waals surface area contributed by atoms with Gasteiger partial charge < -0.3 is 13.9 Å². The third-order valence-electron chi connectivity index (χ3n) is 3.98. The van der Waals surface area contributed by atoms with Crippen molar-refractivity contribution in [2.75, 3.05) is 39.4 Å². The van der Waals surface area contributed by atoms with Crippen LogP contribution in [0.2, 0.25) is 0 Å². The molecule has 3 heterocycles. The minimum absolute atomic E-state index is 0.228. The van der Waals surface area contributed by atoms with Crippen molar-refractivity contribution in [2.45, 2.75) is 13.0 Å². The largest absolute Gasteiger partial charge is 0.441 e. The number of cyclic esters (lactones) is 1. The second kappa shape index (κ2) is 8.11. The number of carbonyl (C=O) groups is 1. The predicted molar refractivity (Wildman–Crippen MR) is 91.7 cm³/mol. The van der Waals surface area contributed by atoms with Crippen LogP contribution in [0.25, 0.3) is 6.08 Å². The van der Waals surface area contributed by atoms with Crippen molar-refractivity contribution >= 4 is 23.8 Å². The Morgan fingerprint density at radius 2 is 2.19 bits per heavy atom. The topological polar surface area (TPSA) is 111 Å². The first-order chi connectivity index (χ1) is 12.5. The van der Waals surface area contributed by atoms with Crippen molar-refractivity contribution in [3.63, 3.8) is 0 Å². The SMILES string of the molecule is CC(/C=C/c1ccc([N+](=O)[O-])o1)=N\N1C[C@H](CN2CCOCC2)OC1=O. The van der Waals surface area contributed by atoms with Crippen LogP contribution < -0.4 is 0 Å². The van der Waals surface area contributed by atoms with Gasteiger partial charge in [-0.1, -0.05) is 0 Å². The maximum atomic E-state index is 12.0. The number of furan rings is 1. The maximum Gasteiger partial charge on any atom is 0.433 e. The Morgan fingerprint density at radius 3 is 2.88 bits per heavy atom. The van der Waals surface area contributed by atoms with Crippen LogP contribution in [0.5, 0.6) is 0 Å². The Balaban J connectivity index is 1.55. The first-order valence-corrected chi connectivity index (χ1v) is 8.27. The van der Waals surface area contributed by atoms with E-state index in [4.69, 9.17) is 13.9 Å². The van der Waals surface area contributed by atoms with Gasteiger partial charge in [-0.25, -0.2) is 4.79 Å². The van der Waals surface area contributed by atoms with Crippen molar-refractivity contribution in [1.82, 2.24) is 9.91 Å². The molecule has 0 aliphatic carbocycles. The summed E-state index contributed by atoms with van der Waals surface area (Å²) in [4.78, 5) is 24.1. The number of hydrogen-bond acceptors (Lipinski definition) is 8. The molecule has 0 N–H and O–H groups in total. The molecule has 2 fully saturated rings. The Bertz CT molecular complexity index is 722. The van der Waals surface area contributed by atoms with Gasteiger partial charge in [0, 0.05) is 19.6 Å². The second-order valence-electron chi connectivity index (χ2n) is 6.01. The standard InChI is InChI=1S/C16H20N4O6/c1-12(2-3-13-4-5-15(25-13)20(22)23)17-19-11-14(26-16(19)21)10-18-6-8-24-9-7-18/h2-5,14H,6-11H2,1H3/b3-2+,17-12+/t14-/m0/s1. The lowest BCUT2D eigenvalue weighted by atomic mass is 10.3. The summed E-state index contributed by atoms with van der Waals surface area (Å²) in [6, 6.07) is 2.77. The number of carbonyl (C=O) groups excluding carboxylic acids is 1. The molecule has 1 atom stereocenters. The van der Waals surface area contributed by atoms with Gasteiger partial charge in [0.15, 0.2) is 0 Å². The van der Waals surface area contributed by atoms with Gasteiger partial charge >= 0.3 is 12.0 Å². The zero-order chi connectivity index (χ0) is 18.5. The molecule has 2 aliphatic heterocycles. The van der Waals surface area contributed by atoms with Gasteiger partial charge in [-0.05, 0) is 25.1 Å². The molecule has 0 spiro atoms. The average Bonchev–Trinajstić information content (AvgIpc) is 3.21. The monoisotopic (exact) mass is 364 g/mol. The summed E-state index contributed by atoms with van der Waals surface area (Å²) in [6.07, 6.45) is 2.46. The van der Waals surface area contributed by atoms with Gasteiger partial charge in [0.25, 0.3) is 0 Å². The number of rotatable bonds is 6. The normalized spacial score (nSPS) is 22.2. The van der Waals surface area contributed by atoms with E-state index >= 15 is 0 Å². The fourth-order valence-electron chi connectivity index (χ4n) is 2.71. The number of amides is 1. The van der Waals surface area contributed by atoms with Crippen molar-refractivity contribution in [1.29, 1.82) is 0 Å². The first kappa shape index (κ1) is 18.1. The molecule has 2 aliphatic rings. The highest BCUT2D eigenvalue weighted by atomic mass is 16.6. The lowest BCUT2D eigenvalue weighted by molar-refractivity contribution is -0.402. The summed E-state index contributed by atoms with van der Waals surface area (Å²) < 4.78 is 15.7. The summed E-state index contributed by atoms with van der Waals surface area (Å²) in [7, 11) is 0. The highest BCUT2D eigenvalue weighted by molar-refractivity contribution is 5.96. The Morgan fingerprint density at radius 1 is 1.42 bits per heavy atom. The molecule has 0 saturated carbocycles. The molecule has 140 valence electrons. The molecule has 26 heavy (non-hydrogen) atoms. The molecule has 10 nitrogen and oxygen atoms in total. The van der Waals surface area contributed by atoms with E-state index in [1.54, 1.807) is 19.1 Å². The van der Waals surface area contributed by atoms with Crippen molar-refractivity contribution < 1.29 is 23.6 Å². The van der Waals surface area contributed by atoms with E-state index < -0.39 is 11.0 Å². The molecule has 0 bridgehead atoms. The Kier molecular flexibility index (Phi) is 5.64. The van der Waals surface area contributed by atoms with Crippen LogP contribution in [0.4, 0.5) is 10.7 Å². The number of hydrogen-bond donors (Lipinski definition) is 0. The Hall–Kier alpha value is -2.72. The van der Waals surface area contributed by atoms with Gasteiger partial charge in [0.1, 0.15) is 16.8 Å². The van der Waals surface area contributed by atoms with E-state index in [9.17, 15) is 14.9 Å². The summed E-state index contributed by atoms with van der Waals surface area (Å²) in [6.45, 7) is 5.80. The van der Waals surface area contributed by atoms with Gasteiger partial charge in [0.05, 0.1) is 31.5 Å². The molecule has 1 amide bonds. The van der Waals surface area contributed by atoms with Crippen molar-refractivity contribution in [2.24, 2.45) is 5.10 Å². The second-order valence-corrected chi connectivity index (χ2v) is 6.01. The van der Waals surface area contributed by atoms with Crippen molar-refractivity contribution in [3.05, 3.63) is 34.1 Å². The van der Waals surface area contributed by atoms with E-state index in [-0.39, 0.29) is 12.0 Å². The molecule has 10 heteroatoms. The van der Waals surface area contributed by atoms with Crippen LogP contribution in [0.3, 0.4) is 0 Å². The third kappa shape index (κ3) is 4.67. The molecule has 0 aromatic carbocycles. The summed E-state index contributed by atoms with van der Waals surface area (Å²) >= 11 is 0. The lowest BCUT2D eigenvalue weighted by Gasteiger charge is -2.27. The van der Waals surface area contributed by atoms with Gasteiger partial charge in [-0.2, -0.15) is 10.1 Å². The van der Waals surface area contributed by atoms with E-state index in [1.807, 2.05) is 0 Å². The van der Waals surface area contributed by atoms with Gasteiger partial charge in [-0.3, -0.25) is 15.0 Å². The van der Waals surface area contributed by atoms with Crippen LogP contribution in [0, 0.1) is 10.1 Å². The number of allylic oxidation sites excluding steroid dienone is 1. The van der Waals surface area contributed by atoms with Gasteiger partial charge in [0.2, 0.25) is 0 Å². The predicted octanol–water partition coefficient (Wildman–Crippen LogP) is 1.73. The molecular weight excluding hydrogens is 344 g/mol. The summed E-state index contributed by atoms with van der Waals surface area (Å²) in [5.41, 5.74) is 0.549. The summed E-state index contributed by atoms with van der Waals surface area (Å²) in [5, 5.41) is 16.1. The highest BCUT2D eigenvalue weighted by Crippen LogP contribution is 2.17. The zero-order valence-electron chi connectivity index (χ0n) is 14.4. The fourth-order valence-corrected chi connectivity index (χ4v) is 2.71. The van der Waals surface area contributed by atoms with Crippen LogP contribution in [0.15, 0.2) is 27.7 Å². The van der Waals surface area contributed by atoms with Gasteiger partial charge in [-0.15, -0.1) is 0 Å². The van der Waals surface area contributed by atoms with Crippen LogP contribution in [-0.4, -0.2) is 72.1 Å². The molecule has 3 rings (SSSR count). The molecule has 1 aromatic rings. The molecule has 0 unspecified atom stereocenters. The zero-order valence-corrected chi connectivity index (χ0v) is 14.4. The maximum absolute atomic E-state index is 12.0. The number of ether oxygens (including phenoxy) is 2. The number of nitrogens with zero attached hydrogens (tertiary/aromatic N) is 4. The average molecular weight is 364 g/mol. The van der Waals surface area contributed by atoms with E-state index in [0.717, 1.165) is 13.1 Å². The smallest absolute Gasteiger partial charge is 0.433 e. The Labute approximate surface area is 149 Å². The van der Waals surface area contributed by atoms with E-state index in [2.05, 4.69) is 10.0 Å². The van der Waals surface area contributed by atoms with Crippen LogP contribution in [0.1, 0.15) is 12.7 Å². The minimum atomic E-state index is -0.604. The number of morpholine rings is 1. The third-order valence-corrected chi connectivity index (χ3v) is 3.98.